The molecular formula is C26H28F4N5O3P. The summed E-state index contributed by atoms with van der Waals surface area (Å²) in [5.74, 6) is 0.738. The van der Waals surface area contributed by atoms with Crippen LogP contribution in [0.5, 0.6) is 5.75 Å². The first-order chi connectivity index (χ1) is 18.4. The van der Waals surface area contributed by atoms with Gasteiger partial charge in [-0.15, -0.1) is 0 Å². The standard InChI is InChI=1S/C26H28F4N5O3P/c1-14(16-9-17(26(28,29)30)11-18(31)10-16)32-25-20-12-21(39(37)7-4-35(5-8-39)22(36)13-27)24-19(3-6-38-24)23(20)33-15(2)34-25/h9-12,14H,3-8,13,31H2,1-2H3,(H,32,33,34)/t14-/m1/s1. The molecule has 2 aromatic carbocycles. The van der Waals surface area contributed by atoms with Gasteiger partial charge >= 0.3 is 6.18 Å². The van der Waals surface area contributed by atoms with Crippen LogP contribution in [0.1, 0.15) is 35.5 Å². The number of nitrogens with one attached hydrogen (secondary N) is 1. The molecule has 5 rings (SSSR count). The van der Waals surface area contributed by atoms with Gasteiger partial charge in [0.25, 0.3) is 5.91 Å². The molecular weight excluding hydrogens is 537 g/mol. The van der Waals surface area contributed by atoms with Gasteiger partial charge < -0.3 is 25.3 Å². The Kier molecular flexibility index (Phi) is 6.95. The number of amides is 1. The SMILES string of the molecule is Cc1nc(N[C@H](C)c2cc(N)cc(C(F)(F)F)c2)c2cc(P3(=O)CCN(C(=O)CF)CC3)c3c(c2n1)CCO3. The molecule has 3 heterocycles. The highest BCUT2D eigenvalue weighted by molar-refractivity contribution is 7.72. The first-order valence-corrected chi connectivity index (χ1v) is 14.6. The summed E-state index contributed by atoms with van der Waals surface area (Å²) in [5, 5.41) is 4.31. The van der Waals surface area contributed by atoms with Crippen LogP contribution in [0, 0.1) is 6.92 Å². The lowest BCUT2D eigenvalue weighted by Gasteiger charge is -2.32. The van der Waals surface area contributed by atoms with Crippen molar-refractivity contribution in [1.82, 2.24) is 14.9 Å². The Morgan fingerprint density at radius 2 is 1.92 bits per heavy atom. The monoisotopic (exact) mass is 565 g/mol. The number of anilines is 2. The van der Waals surface area contributed by atoms with Crippen LogP contribution in [0.3, 0.4) is 0 Å². The van der Waals surface area contributed by atoms with Gasteiger partial charge in [-0.1, -0.05) is 0 Å². The van der Waals surface area contributed by atoms with Crippen LogP contribution in [-0.4, -0.2) is 59.5 Å². The molecule has 0 spiro atoms. The number of rotatable bonds is 5. The third kappa shape index (κ3) is 5.14. The van der Waals surface area contributed by atoms with E-state index in [-0.39, 0.29) is 31.1 Å². The molecule has 1 amide bonds. The summed E-state index contributed by atoms with van der Waals surface area (Å²) in [6, 6.07) is 4.55. The number of nitrogens with two attached hydrogens (primary N) is 1. The minimum absolute atomic E-state index is 0.00913. The van der Waals surface area contributed by atoms with E-state index in [1.807, 2.05) is 0 Å². The Labute approximate surface area is 222 Å². The molecule has 0 unspecified atom stereocenters. The molecule has 3 N–H and O–H groups in total. The van der Waals surface area contributed by atoms with Crippen LogP contribution >= 0.6 is 7.14 Å². The number of alkyl halides is 4. The van der Waals surface area contributed by atoms with Crippen LogP contribution < -0.4 is 21.1 Å². The molecule has 0 radical (unpaired) electrons. The van der Waals surface area contributed by atoms with Gasteiger partial charge in [0.1, 0.15) is 24.5 Å². The largest absolute Gasteiger partial charge is 0.492 e. The van der Waals surface area contributed by atoms with E-state index in [9.17, 15) is 26.9 Å². The number of fused-ring (bicyclic) bond motifs is 3. The Morgan fingerprint density at radius 3 is 2.59 bits per heavy atom. The number of benzene rings is 2. The lowest BCUT2D eigenvalue weighted by atomic mass is 10.0. The van der Waals surface area contributed by atoms with Gasteiger partial charge in [-0.3, -0.25) is 4.79 Å². The lowest BCUT2D eigenvalue weighted by Crippen LogP contribution is -2.42. The Bertz CT molecular complexity index is 1500. The lowest BCUT2D eigenvalue weighted by molar-refractivity contribution is -0.137. The number of carbonyl (C=O) groups excluding carboxylic acids is 1. The van der Waals surface area contributed by atoms with Gasteiger partial charge in [0.2, 0.25) is 0 Å². The van der Waals surface area contributed by atoms with E-state index >= 15 is 0 Å². The summed E-state index contributed by atoms with van der Waals surface area (Å²) in [6.07, 6.45) is -3.62. The van der Waals surface area contributed by atoms with Crippen molar-refractivity contribution in [3.63, 3.8) is 0 Å². The summed E-state index contributed by atoms with van der Waals surface area (Å²) in [6.45, 7) is 3.06. The summed E-state index contributed by atoms with van der Waals surface area (Å²) >= 11 is 0. The second-order valence-corrected chi connectivity index (χ2v) is 13.1. The topological polar surface area (TPSA) is 110 Å². The number of nitrogen functional groups attached to an aromatic ring is 1. The summed E-state index contributed by atoms with van der Waals surface area (Å²) in [5.41, 5.74) is 6.66. The second-order valence-electron chi connectivity index (χ2n) is 9.92. The predicted molar refractivity (Wildman–Crippen MR) is 141 cm³/mol. The molecule has 1 aromatic heterocycles. The van der Waals surface area contributed by atoms with Crippen molar-refractivity contribution >= 4 is 40.8 Å². The number of aryl methyl sites for hydroxylation is 1. The van der Waals surface area contributed by atoms with Gasteiger partial charge in [-0.2, -0.15) is 13.2 Å². The van der Waals surface area contributed by atoms with Crippen molar-refractivity contribution in [3.05, 3.63) is 46.8 Å². The average molecular weight is 566 g/mol. The Balaban J connectivity index is 1.56. The number of ether oxygens (including phenoxy) is 1. The smallest absolute Gasteiger partial charge is 0.416 e. The molecule has 39 heavy (non-hydrogen) atoms. The van der Waals surface area contributed by atoms with Gasteiger partial charge in [-0.25, -0.2) is 14.4 Å². The number of hydrogen-bond donors (Lipinski definition) is 2. The zero-order valence-corrected chi connectivity index (χ0v) is 22.3. The van der Waals surface area contributed by atoms with Crippen molar-refractivity contribution < 1.29 is 31.7 Å². The zero-order valence-electron chi connectivity index (χ0n) is 21.4. The molecule has 0 bridgehead atoms. The number of hydrogen-bond acceptors (Lipinski definition) is 7. The average Bonchev–Trinajstić information content (AvgIpc) is 3.37. The minimum atomic E-state index is -4.55. The van der Waals surface area contributed by atoms with E-state index < -0.39 is 37.5 Å². The van der Waals surface area contributed by atoms with E-state index in [2.05, 4.69) is 15.3 Å². The van der Waals surface area contributed by atoms with Crippen LogP contribution in [0.15, 0.2) is 24.3 Å². The minimum Gasteiger partial charge on any atom is -0.492 e. The molecule has 3 aromatic rings. The summed E-state index contributed by atoms with van der Waals surface area (Å²) in [7, 11) is -3.02. The van der Waals surface area contributed by atoms with Crippen molar-refractivity contribution in [2.45, 2.75) is 32.5 Å². The first kappa shape index (κ1) is 27.2. The summed E-state index contributed by atoms with van der Waals surface area (Å²) < 4.78 is 73.2. The van der Waals surface area contributed by atoms with E-state index in [1.54, 1.807) is 19.9 Å². The quantitative estimate of drug-likeness (QED) is 0.267. The highest BCUT2D eigenvalue weighted by Gasteiger charge is 2.38. The van der Waals surface area contributed by atoms with Crippen LogP contribution in [0.25, 0.3) is 10.9 Å². The molecule has 1 saturated heterocycles. The van der Waals surface area contributed by atoms with Crippen LogP contribution in [-0.2, 0) is 22.0 Å². The number of halogens is 4. The molecule has 8 nitrogen and oxygen atoms in total. The molecule has 2 aliphatic rings. The highest BCUT2D eigenvalue weighted by atomic mass is 31.2. The van der Waals surface area contributed by atoms with Gasteiger partial charge in [0, 0.05) is 48.5 Å². The predicted octanol–water partition coefficient (Wildman–Crippen LogP) is 4.45. The van der Waals surface area contributed by atoms with Crippen LogP contribution in [0.2, 0.25) is 0 Å². The molecule has 0 saturated carbocycles. The second kappa shape index (κ2) is 9.97. The zero-order chi connectivity index (χ0) is 28.1. The van der Waals surface area contributed by atoms with Crippen molar-refractivity contribution in [2.75, 3.05) is 49.7 Å². The van der Waals surface area contributed by atoms with E-state index in [4.69, 9.17) is 10.5 Å². The number of carbonyl (C=O) groups is 1. The first-order valence-electron chi connectivity index (χ1n) is 12.5. The fourth-order valence-electron chi connectivity index (χ4n) is 5.21. The molecule has 0 aliphatic carbocycles. The molecule has 208 valence electrons. The number of aromatic nitrogens is 2. The maximum Gasteiger partial charge on any atom is 0.416 e. The Morgan fingerprint density at radius 1 is 1.21 bits per heavy atom. The van der Waals surface area contributed by atoms with E-state index in [0.29, 0.717) is 52.2 Å². The third-order valence-corrected chi connectivity index (χ3v) is 10.3. The fourth-order valence-corrected chi connectivity index (χ4v) is 7.98. The molecule has 1 fully saturated rings. The highest BCUT2D eigenvalue weighted by Crippen LogP contribution is 2.51. The normalized spacial score (nSPS) is 17.5. The maximum atomic E-state index is 14.2. The molecule has 1 atom stereocenters. The Hall–Kier alpha value is -3.40. The molecule has 13 heteroatoms. The number of nitrogens with zero attached hydrogens (tertiary/aromatic N) is 3. The molecule has 2 aliphatic heterocycles. The third-order valence-electron chi connectivity index (χ3n) is 7.26. The van der Waals surface area contributed by atoms with Crippen molar-refractivity contribution in [3.8, 4) is 5.75 Å². The van der Waals surface area contributed by atoms with Gasteiger partial charge in [0.05, 0.1) is 29.0 Å². The van der Waals surface area contributed by atoms with Gasteiger partial charge in [-0.05, 0) is 43.7 Å². The maximum absolute atomic E-state index is 14.2. The summed E-state index contributed by atoms with van der Waals surface area (Å²) in [4.78, 5) is 22.3. The van der Waals surface area contributed by atoms with Crippen LogP contribution in [0.4, 0.5) is 29.1 Å². The fraction of sp³-hybridized carbons (Fsp3) is 0.423. The van der Waals surface area contributed by atoms with Crippen molar-refractivity contribution in [1.29, 1.82) is 0 Å². The van der Waals surface area contributed by atoms with Gasteiger partial charge in [0.15, 0.2) is 6.67 Å². The van der Waals surface area contributed by atoms with Crippen molar-refractivity contribution in [2.24, 2.45) is 0 Å². The van der Waals surface area contributed by atoms with E-state index in [0.717, 1.165) is 17.7 Å². The van der Waals surface area contributed by atoms with E-state index in [1.165, 1.54) is 11.0 Å².